The van der Waals surface area contributed by atoms with Crippen LogP contribution in [0.1, 0.15) is 86.0 Å². The number of rotatable bonds is 10. The zero-order valence-corrected chi connectivity index (χ0v) is 12.9. The second kappa shape index (κ2) is 10.9. The van der Waals surface area contributed by atoms with Crippen molar-refractivity contribution in [2.45, 2.75) is 86.0 Å². The van der Waals surface area contributed by atoms with Crippen LogP contribution < -0.4 is 0 Å². The molecule has 0 bridgehead atoms. The SMILES string of the molecule is CCCCC(CC=C(C)C(CC)CC)CCC. The van der Waals surface area contributed by atoms with E-state index in [4.69, 9.17) is 0 Å². The van der Waals surface area contributed by atoms with Crippen LogP contribution in [0.15, 0.2) is 11.6 Å². The van der Waals surface area contributed by atoms with Crippen molar-refractivity contribution < 1.29 is 0 Å². The van der Waals surface area contributed by atoms with E-state index in [1.807, 2.05) is 0 Å². The smallest absolute Gasteiger partial charge is 0.0211 e. The minimum Gasteiger partial charge on any atom is -0.0851 e. The van der Waals surface area contributed by atoms with Gasteiger partial charge in [0.25, 0.3) is 0 Å². The van der Waals surface area contributed by atoms with Crippen molar-refractivity contribution in [3.05, 3.63) is 11.6 Å². The second-order valence-electron chi connectivity index (χ2n) is 5.49. The lowest BCUT2D eigenvalue weighted by Crippen LogP contribution is -2.02. The van der Waals surface area contributed by atoms with E-state index in [-0.39, 0.29) is 0 Å². The monoisotopic (exact) mass is 238 g/mol. The van der Waals surface area contributed by atoms with E-state index in [1.165, 1.54) is 51.4 Å². The molecule has 0 aliphatic heterocycles. The topological polar surface area (TPSA) is 0 Å². The molecule has 0 nitrogen and oxygen atoms in total. The van der Waals surface area contributed by atoms with Gasteiger partial charge in [0.1, 0.15) is 0 Å². The Hall–Kier alpha value is -0.260. The van der Waals surface area contributed by atoms with Crippen molar-refractivity contribution in [2.24, 2.45) is 11.8 Å². The number of hydrogen-bond donors (Lipinski definition) is 0. The van der Waals surface area contributed by atoms with Gasteiger partial charge in [0.05, 0.1) is 0 Å². The summed E-state index contributed by atoms with van der Waals surface area (Å²) < 4.78 is 0. The molecule has 0 rings (SSSR count). The van der Waals surface area contributed by atoms with Crippen LogP contribution in [0, 0.1) is 11.8 Å². The molecule has 0 spiro atoms. The fourth-order valence-corrected chi connectivity index (χ4v) is 2.73. The zero-order valence-electron chi connectivity index (χ0n) is 12.9. The molecular formula is C17H34. The molecule has 0 aliphatic rings. The van der Waals surface area contributed by atoms with Crippen molar-refractivity contribution >= 4 is 0 Å². The van der Waals surface area contributed by atoms with Gasteiger partial charge in [-0.3, -0.25) is 0 Å². The first-order valence-electron chi connectivity index (χ1n) is 7.86. The predicted octanol–water partition coefficient (Wildman–Crippen LogP) is 6.37. The molecule has 1 unspecified atom stereocenters. The Morgan fingerprint density at radius 2 is 1.59 bits per heavy atom. The van der Waals surface area contributed by atoms with E-state index < -0.39 is 0 Å². The van der Waals surface area contributed by atoms with Crippen LogP contribution in [-0.2, 0) is 0 Å². The van der Waals surface area contributed by atoms with Gasteiger partial charge in [-0.15, -0.1) is 0 Å². The highest BCUT2D eigenvalue weighted by atomic mass is 14.1. The highest BCUT2D eigenvalue weighted by Crippen LogP contribution is 2.23. The van der Waals surface area contributed by atoms with Gasteiger partial charge in [-0.2, -0.15) is 0 Å². The molecule has 0 aromatic carbocycles. The van der Waals surface area contributed by atoms with E-state index in [2.05, 4.69) is 40.7 Å². The standard InChI is InChI=1S/C17H34/c1-6-10-12-16(11-7-2)14-13-15(5)17(8-3)9-4/h13,16-17H,6-12,14H2,1-5H3. The van der Waals surface area contributed by atoms with Gasteiger partial charge in [-0.1, -0.05) is 71.4 Å². The highest BCUT2D eigenvalue weighted by molar-refractivity contribution is 5.03. The van der Waals surface area contributed by atoms with E-state index in [0.717, 1.165) is 11.8 Å². The molecule has 0 N–H and O–H groups in total. The molecule has 0 heterocycles. The molecular weight excluding hydrogens is 204 g/mol. The van der Waals surface area contributed by atoms with Gasteiger partial charge in [0.15, 0.2) is 0 Å². The summed E-state index contributed by atoms with van der Waals surface area (Å²) >= 11 is 0. The summed E-state index contributed by atoms with van der Waals surface area (Å²) in [6, 6.07) is 0. The summed E-state index contributed by atoms with van der Waals surface area (Å²) in [5.74, 6) is 1.76. The summed E-state index contributed by atoms with van der Waals surface area (Å²) in [5, 5.41) is 0. The average molecular weight is 238 g/mol. The first kappa shape index (κ1) is 16.7. The second-order valence-corrected chi connectivity index (χ2v) is 5.49. The maximum absolute atomic E-state index is 2.54. The maximum Gasteiger partial charge on any atom is -0.0211 e. The van der Waals surface area contributed by atoms with Crippen molar-refractivity contribution in [1.29, 1.82) is 0 Å². The van der Waals surface area contributed by atoms with Gasteiger partial charge in [-0.25, -0.2) is 0 Å². The van der Waals surface area contributed by atoms with Crippen molar-refractivity contribution in [1.82, 2.24) is 0 Å². The molecule has 0 saturated carbocycles. The predicted molar refractivity (Wildman–Crippen MR) is 80.4 cm³/mol. The Bertz CT molecular complexity index is 186. The molecule has 0 saturated heterocycles. The quantitative estimate of drug-likeness (QED) is 0.388. The Labute approximate surface area is 110 Å². The molecule has 1 atom stereocenters. The first-order valence-corrected chi connectivity index (χ1v) is 7.86. The van der Waals surface area contributed by atoms with Gasteiger partial charge in [-0.05, 0) is 38.0 Å². The summed E-state index contributed by atoms with van der Waals surface area (Å²) in [6.45, 7) is 11.6. The third-order valence-corrected chi connectivity index (χ3v) is 4.07. The van der Waals surface area contributed by atoms with Crippen molar-refractivity contribution in [2.75, 3.05) is 0 Å². The van der Waals surface area contributed by atoms with Crippen molar-refractivity contribution in [3.8, 4) is 0 Å². The molecule has 0 aromatic rings. The summed E-state index contributed by atoms with van der Waals surface area (Å²) in [5.41, 5.74) is 1.63. The molecule has 0 heteroatoms. The van der Waals surface area contributed by atoms with Crippen LogP contribution in [0.2, 0.25) is 0 Å². The zero-order chi connectivity index (χ0) is 13.1. The van der Waals surface area contributed by atoms with Crippen molar-refractivity contribution in [3.63, 3.8) is 0 Å². The van der Waals surface area contributed by atoms with Crippen LogP contribution in [0.3, 0.4) is 0 Å². The highest BCUT2D eigenvalue weighted by Gasteiger charge is 2.08. The summed E-state index contributed by atoms with van der Waals surface area (Å²) in [6.07, 6.45) is 13.4. The minimum absolute atomic E-state index is 0.823. The number of unbranched alkanes of at least 4 members (excludes halogenated alkanes) is 1. The molecule has 0 aromatic heterocycles. The lowest BCUT2D eigenvalue weighted by molar-refractivity contribution is 0.431. The molecule has 0 amide bonds. The summed E-state index contributed by atoms with van der Waals surface area (Å²) in [7, 11) is 0. The Morgan fingerprint density at radius 3 is 2.06 bits per heavy atom. The number of allylic oxidation sites excluding steroid dienone is 2. The Kier molecular flexibility index (Phi) is 10.7. The number of hydrogen-bond acceptors (Lipinski definition) is 0. The lowest BCUT2D eigenvalue weighted by Gasteiger charge is -2.17. The van der Waals surface area contributed by atoms with Crippen LogP contribution >= 0.6 is 0 Å². The largest absolute Gasteiger partial charge is 0.0851 e. The fourth-order valence-electron chi connectivity index (χ4n) is 2.73. The van der Waals surface area contributed by atoms with E-state index >= 15 is 0 Å². The van der Waals surface area contributed by atoms with Crippen LogP contribution in [-0.4, -0.2) is 0 Å². The van der Waals surface area contributed by atoms with E-state index in [1.54, 1.807) is 5.57 Å². The normalized spacial score (nSPS) is 14.4. The Balaban J connectivity index is 4.19. The lowest BCUT2D eigenvalue weighted by atomic mass is 9.89. The van der Waals surface area contributed by atoms with Gasteiger partial charge >= 0.3 is 0 Å². The maximum atomic E-state index is 2.54. The Morgan fingerprint density at radius 1 is 0.941 bits per heavy atom. The minimum atomic E-state index is 0.823. The average Bonchev–Trinajstić information content (AvgIpc) is 2.34. The third-order valence-electron chi connectivity index (χ3n) is 4.07. The first-order chi connectivity index (χ1) is 8.19. The summed E-state index contributed by atoms with van der Waals surface area (Å²) in [4.78, 5) is 0. The van der Waals surface area contributed by atoms with Crippen LogP contribution in [0.4, 0.5) is 0 Å². The third kappa shape index (κ3) is 7.63. The molecule has 0 aliphatic carbocycles. The van der Waals surface area contributed by atoms with Gasteiger partial charge in [0.2, 0.25) is 0 Å². The fraction of sp³-hybridized carbons (Fsp3) is 0.882. The van der Waals surface area contributed by atoms with E-state index in [0.29, 0.717) is 0 Å². The van der Waals surface area contributed by atoms with Gasteiger partial charge < -0.3 is 0 Å². The molecule has 102 valence electrons. The van der Waals surface area contributed by atoms with Crippen LogP contribution in [0.25, 0.3) is 0 Å². The molecule has 17 heavy (non-hydrogen) atoms. The molecule has 0 radical (unpaired) electrons. The van der Waals surface area contributed by atoms with E-state index in [9.17, 15) is 0 Å². The van der Waals surface area contributed by atoms with Crippen LogP contribution in [0.5, 0.6) is 0 Å². The molecule has 0 fully saturated rings. The van der Waals surface area contributed by atoms with Gasteiger partial charge in [0, 0.05) is 0 Å².